The highest BCUT2D eigenvalue weighted by atomic mass is 35.5. The largest absolute Gasteiger partial charge is 0.468 e. The van der Waals surface area contributed by atoms with Gasteiger partial charge in [-0.3, -0.25) is 9.59 Å². The van der Waals surface area contributed by atoms with Gasteiger partial charge in [0.15, 0.2) is 0 Å². The maximum Gasteiger partial charge on any atom is 0.254 e. The molecule has 4 rings (SSSR count). The van der Waals surface area contributed by atoms with E-state index in [1.165, 1.54) is 18.0 Å². The van der Waals surface area contributed by atoms with E-state index < -0.39 is 5.92 Å². The molecule has 0 saturated carbocycles. The Bertz CT molecular complexity index is 1390. The first-order chi connectivity index (χ1) is 17.4. The lowest BCUT2D eigenvalue weighted by Gasteiger charge is -2.28. The van der Waals surface area contributed by atoms with Crippen molar-refractivity contribution in [3.8, 4) is 6.07 Å². The third-order valence-electron chi connectivity index (χ3n) is 5.59. The highest BCUT2D eigenvalue weighted by molar-refractivity contribution is 8.03. The summed E-state index contributed by atoms with van der Waals surface area (Å²) in [4.78, 5) is 26.0. The van der Waals surface area contributed by atoms with Crippen molar-refractivity contribution in [1.29, 1.82) is 5.26 Å². The van der Waals surface area contributed by atoms with Gasteiger partial charge in [-0.25, -0.2) is 0 Å². The van der Waals surface area contributed by atoms with Gasteiger partial charge in [0.2, 0.25) is 5.91 Å². The van der Waals surface area contributed by atoms with Gasteiger partial charge in [0.25, 0.3) is 5.91 Å². The number of dihydropyridines is 1. The van der Waals surface area contributed by atoms with Crippen molar-refractivity contribution in [3.05, 3.63) is 105 Å². The third kappa shape index (κ3) is 5.65. The normalized spacial score (nSPS) is 15.2. The molecule has 0 radical (unpaired) electrons. The number of benzene rings is 2. The zero-order chi connectivity index (χ0) is 25.7. The van der Waals surface area contributed by atoms with E-state index in [-0.39, 0.29) is 17.6 Å². The Labute approximate surface area is 218 Å². The molecule has 3 N–H and O–H groups in total. The van der Waals surface area contributed by atoms with Crippen molar-refractivity contribution in [2.45, 2.75) is 19.8 Å². The summed E-state index contributed by atoms with van der Waals surface area (Å²) in [5.74, 6) is -0.789. The number of hydrogen-bond donors (Lipinski definition) is 3. The Morgan fingerprint density at radius 1 is 1.08 bits per heavy atom. The van der Waals surface area contributed by atoms with Crippen LogP contribution in [0.15, 0.2) is 93.2 Å². The maximum atomic E-state index is 13.4. The Hall–Kier alpha value is -3.93. The Balaban J connectivity index is 1.58. The van der Waals surface area contributed by atoms with E-state index in [2.05, 4.69) is 22.0 Å². The van der Waals surface area contributed by atoms with Gasteiger partial charge in [-0.1, -0.05) is 41.6 Å². The topological polar surface area (TPSA) is 107 Å². The molecule has 0 bridgehead atoms. The summed E-state index contributed by atoms with van der Waals surface area (Å²) in [7, 11) is 0. The van der Waals surface area contributed by atoms with Crippen LogP contribution < -0.4 is 16.0 Å². The first-order valence-corrected chi connectivity index (χ1v) is 12.4. The molecular formula is C27H23ClN4O3S. The van der Waals surface area contributed by atoms with Crippen LogP contribution in [0, 0.1) is 18.3 Å². The average molecular weight is 519 g/mol. The van der Waals surface area contributed by atoms with Gasteiger partial charge in [0.05, 0.1) is 40.2 Å². The Morgan fingerprint density at radius 2 is 1.83 bits per heavy atom. The number of nitrogens with zero attached hydrogens (tertiary/aromatic N) is 1. The van der Waals surface area contributed by atoms with Crippen LogP contribution in [0.3, 0.4) is 0 Å². The van der Waals surface area contributed by atoms with Crippen LogP contribution in [0.2, 0.25) is 5.02 Å². The van der Waals surface area contributed by atoms with Crippen molar-refractivity contribution in [3.63, 3.8) is 0 Å². The minimum absolute atomic E-state index is 0.0546. The van der Waals surface area contributed by atoms with Gasteiger partial charge in [-0.05, 0) is 61.9 Å². The number of anilines is 2. The molecule has 2 heterocycles. The number of carbonyl (C=O) groups excluding carboxylic acids is 2. The van der Waals surface area contributed by atoms with Gasteiger partial charge < -0.3 is 20.4 Å². The standard InChI is InChI=1S/C27H23ClN4O3S/c1-16-6-3-4-7-21(16)32-26(34)24-17(2)30-27(20(14-29)25(24)22-8-5-13-35-22)36-15-23(33)31-19-11-9-18(28)10-12-19/h3-13,25,30H,15H2,1-2H3,(H,31,33)(H,32,34)/t25-/m0/s1. The first kappa shape index (κ1) is 25.2. The number of hydrogen-bond acceptors (Lipinski definition) is 6. The molecule has 2 aromatic carbocycles. The van der Waals surface area contributed by atoms with Crippen molar-refractivity contribution < 1.29 is 14.0 Å². The quantitative estimate of drug-likeness (QED) is 0.357. The number of amides is 2. The molecule has 2 amide bonds. The summed E-state index contributed by atoms with van der Waals surface area (Å²) in [6.07, 6.45) is 1.50. The van der Waals surface area contributed by atoms with Crippen LogP contribution in [0.25, 0.3) is 0 Å². The van der Waals surface area contributed by atoms with E-state index in [0.717, 1.165) is 5.56 Å². The zero-order valence-electron chi connectivity index (χ0n) is 19.6. The molecule has 182 valence electrons. The predicted molar refractivity (Wildman–Crippen MR) is 142 cm³/mol. The molecule has 0 saturated heterocycles. The Kier molecular flexibility index (Phi) is 7.84. The van der Waals surface area contributed by atoms with E-state index in [1.807, 2.05) is 31.2 Å². The van der Waals surface area contributed by atoms with E-state index in [1.54, 1.807) is 43.3 Å². The van der Waals surface area contributed by atoms with Crippen LogP contribution >= 0.6 is 23.4 Å². The molecule has 3 aromatic rings. The highest BCUT2D eigenvalue weighted by Crippen LogP contribution is 2.41. The molecule has 1 atom stereocenters. The number of thioether (sulfide) groups is 1. The lowest BCUT2D eigenvalue weighted by Crippen LogP contribution is -2.31. The molecule has 1 aromatic heterocycles. The van der Waals surface area contributed by atoms with Crippen LogP contribution in [-0.2, 0) is 9.59 Å². The summed E-state index contributed by atoms with van der Waals surface area (Å²) < 4.78 is 5.64. The summed E-state index contributed by atoms with van der Waals surface area (Å²) >= 11 is 7.08. The number of aryl methyl sites for hydroxylation is 1. The summed E-state index contributed by atoms with van der Waals surface area (Å²) in [6.45, 7) is 3.68. The van der Waals surface area contributed by atoms with Gasteiger partial charge >= 0.3 is 0 Å². The molecule has 0 fully saturated rings. The van der Waals surface area contributed by atoms with Gasteiger partial charge in [-0.2, -0.15) is 5.26 Å². The monoisotopic (exact) mass is 518 g/mol. The fourth-order valence-electron chi connectivity index (χ4n) is 3.84. The fourth-order valence-corrected chi connectivity index (χ4v) is 4.86. The number of halogens is 1. The zero-order valence-corrected chi connectivity index (χ0v) is 21.2. The first-order valence-electron chi connectivity index (χ1n) is 11.1. The van der Waals surface area contributed by atoms with Crippen molar-refractivity contribution in [2.75, 3.05) is 16.4 Å². The average Bonchev–Trinajstić information content (AvgIpc) is 3.39. The van der Waals surface area contributed by atoms with E-state index in [0.29, 0.717) is 44.0 Å². The number of nitriles is 1. The smallest absolute Gasteiger partial charge is 0.254 e. The second-order valence-corrected chi connectivity index (χ2v) is 9.50. The molecule has 9 heteroatoms. The molecule has 1 aliphatic rings. The van der Waals surface area contributed by atoms with Crippen molar-refractivity contribution in [2.24, 2.45) is 0 Å². The summed E-state index contributed by atoms with van der Waals surface area (Å²) in [5.41, 5.74) is 3.47. The summed E-state index contributed by atoms with van der Waals surface area (Å²) in [6, 6.07) is 19.9. The molecule has 0 spiro atoms. The Morgan fingerprint density at radius 3 is 2.50 bits per heavy atom. The van der Waals surface area contributed by atoms with Gasteiger partial charge in [0, 0.05) is 22.1 Å². The molecule has 0 unspecified atom stereocenters. The summed E-state index contributed by atoms with van der Waals surface area (Å²) in [5, 5.41) is 20.1. The van der Waals surface area contributed by atoms with Crippen molar-refractivity contribution >= 4 is 46.6 Å². The SMILES string of the molecule is CC1=C(C(=O)Nc2ccccc2C)[C@H](c2ccco2)C(C#N)=C(SCC(=O)Nc2ccc(Cl)cc2)N1. The fraction of sp³-hybridized carbons (Fsp3) is 0.148. The minimum atomic E-state index is -0.725. The number of nitrogens with one attached hydrogen (secondary N) is 3. The molecule has 7 nitrogen and oxygen atoms in total. The molecule has 36 heavy (non-hydrogen) atoms. The lowest BCUT2D eigenvalue weighted by molar-refractivity contribution is -0.114. The highest BCUT2D eigenvalue weighted by Gasteiger charge is 2.36. The third-order valence-corrected chi connectivity index (χ3v) is 6.86. The van der Waals surface area contributed by atoms with E-state index in [9.17, 15) is 14.9 Å². The van der Waals surface area contributed by atoms with Crippen LogP contribution in [0.5, 0.6) is 0 Å². The van der Waals surface area contributed by atoms with Crippen LogP contribution in [-0.4, -0.2) is 17.6 Å². The van der Waals surface area contributed by atoms with Crippen LogP contribution in [0.4, 0.5) is 11.4 Å². The van der Waals surface area contributed by atoms with Crippen LogP contribution in [0.1, 0.15) is 24.2 Å². The minimum Gasteiger partial charge on any atom is -0.468 e. The van der Waals surface area contributed by atoms with Gasteiger partial charge in [0.1, 0.15) is 5.76 Å². The maximum absolute atomic E-state index is 13.4. The second-order valence-electron chi connectivity index (χ2n) is 8.08. The second kappa shape index (κ2) is 11.2. The number of allylic oxidation sites excluding steroid dienone is 2. The molecule has 0 aliphatic carbocycles. The van der Waals surface area contributed by atoms with E-state index >= 15 is 0 Å². The number of para-hydroxylation sites is 1. The number of rotatable bonds is 7. The van der Waals surface area contributed by atoms with Gasteiger partial charge in [-0.15, -0.1) is 0 Å². The molecule has 1 aliphatic heterocycles. The number of carbonyl (C=O) groups is 2. The lowest BCUT2D eigenvalue weighted by atomic mass is 9.85. The van der Waals surface area contributed by atoms with E-state index in [4.69, 9.17) is 16.0 Å². The number of furan rings is 1. The van der Waals surface area contributed by atoms with Crippen molar-refractivity contribution in [1.82, 2.24) is 5.32 Å². The predicted octanol–water partition coefficient (Wildman–Crippen LogP) is 5.95. The molecular weight excluding hydrogens is 496 g/mol.